The molecule has 0 fully saturated rings. The molecule has 0 saturated carbocycles. The lowest BCUT2D eigenvalue weighted by molar-refractivity contribution is 0.629. The fourth-order valence-electron chi connectivity index (χ4n) is 1.37. The number of fused-ring (bicyclic) bond motifs is 1. The molecule has 1 heterocycles. The minimum atomic E-state index is -0.249. The molecule has 2 aromatic rings. The molecule has 4 heteroatoms. The van der Waals surface area contributed by atoms with Gasteiger partial charge in [0.2, 0.25) is 0 Å². The summed E-state index contributed by atoms with van der Waals surface area (Å²) in [5, 5.41) is 0. The van der Waals surface area contributed by atoms with E-state index in [9.17, 15) is 4.39 Å². The van der Waals surface area contributed by atoms with Gasteiger partial charge in [-0.1, -0.05) is 0 Å². The van der Waals surface area contributed by atoms with E-state index in [0.717, 1.165) is 16.8 Å². The predicted molar refractivity (Wildman–Crippen MR) is 53.1 cm³/mol. The van der Waals surface area contributed by atoms with Crippen LogP contribution in [0.15, 0.2) is 22.9 Å². The van der Waals surface area contributed by atoms with Crippen LogP contribution in [0.5, 0.6) is 0 Å². The highest BCUT2D eigenvalue weighted by molar-refractivity contribution is 9.10. The molecule has 0 aliphatic heterocycles. The number of rotatable bonds is 1. The number of aryl methyl sites for hydroxylation is 1. The van der Waals surface area contributed by atoms with Crippen molar-refractivity contribution in [1.82, 2.24) is 9.55 Å². The Bertz CT molecular complexity index is 450. The van der Waals surface area contributed by atoms with Gasteiger partial charge in [0, 0.05) is 12.6 Å². The number of hydrogen-bond donors (Lipinski definition) is 0. The third-order valence-electron chi connectivity index (χ3n) is 1.98. The van der Waals surface area contributed by atoms with Crippen LogP contribution in [-0.4, -0.2) is 9.55 Å². The molecule has 13 heavy (non-hydrogen) atoms. The van der Waals surface area contributed by atoms with Crippen LogP contribution < -0.4 is 0 Å². The second-order valence-electron chi connectivity index (χ2n) is 2.76. The normalized spacial score (nSPS) is 11.0. The Kier molecular flexibility index (Phi) is 2.07. The molecular formula is C9H8BrFN2. The summed E-state index contributed by atoms with van der Waals surface area (Å²) in [6.07, 6.45) is 0. The molecule has 2 rings (SSSR count). The molecule has 0 amide bonds. The summed E-state index contributed by atoms with van der Waals surface area (Å²) < 4.78 is 15.5. The Morgan fingerprint density at radius 3 is 3.00 bits per heavy atom. The molecule has 0 radical (unpaired) electrons. The maximum Gasteiger partial charge on any atom is 0.178 e. The van der Waals surface area contributed by atoms with Crippen molar-refractivity contribution in [1.29, 1.82) is 0 Å². The number of nitrogens with zero attached hydrogens (tertiary/aromatic N) is 2. The lowest BCUT2D eigenvalue weighted by Crippen LogP contribution is -1.93. The van der Waals surface area contributed by atoms with Gasteiger partial charge in [-0.05, 0) is 35.0 Å². The first-order valence-electron chi connectivity index (χ1n) is 4.03. The molecule has 0 N–H and O–H groups in total. The van der Waals surface area contributed by atoms with E-state index in [-0.39, 0.29) is 5.82 Å². The topological polar surface area (TPSA) is 17.8 Å². The summed E-state index contributed by atoms with van der Waals surface area (Å²) in [7, 11) is 0. The fourth-order valence-corrected chi connectivity index (χ4v) is 2.01. The molecule has 0 atom stereocenters. The van der Waals surface area contributed by atoms with Crippen LogP contribution in [0.2, 0.25) is 0 Å². The van der Waals surface area contributed by atoms with Gasteiger partial charge in [0.15, 0.2) is 4.73 Å². The van der Waals surface area contributed by atoms with Gasteiger partial charge in [-0.3, -0.25) is 0 Å². The van der Waals surface area contributed by atoms with Crippen molar-refractivity contribution in [3.05, 3.63) is 28.7 Å². The van der Waals surface area contributed by atoms with Crippen LogP contribution in [0.25, 0.3) is 11.0 Å². The summed E-state index contributed by atoms with van der Waals surface area (Å²) in [6.45, 7) is 2.85. The van der Waals surface area contributed by atoms with Crippen molar-refractivity contribution >= 4 is 27.0 Å². The first-order valence-corrected chi connectivity index (χ1v) is 4.83. The van der Waals surface area contributed by atoms with E-state index in [1.165, 1.54) is 12.1 Å². The van der Waals surface area contributed by atoms with Crippen molar-refractivity contribution in [3.8, 4) is 0 Å². The molecule has 0 bridgehead atoms. The van der Waals surface area contributed by atoms with E-state index >= 15 is 0 Å². The maximum atomic E-state index is 12.8. The summed E-state index contributed by atoms with van der Waals surface area (Å²) in [4.78, 5) is 4.18. The third kappa shape index (κ3) is 1.35. The first-order chi connectivity index (χ1) is 6.22. The van der Waals surface area contributed by atoms with Gasteiger partial charge in [0.1, 0.15) is 5.82 Å². The molecule has 0 unspecified atom stereocenters. The lowest BCUT2D eigenvalue weighted by atomic mass is 10.3. The SMILES string of the molecule is CCn1c(Br)nc2cc(F)ccc21. The second kappa shape index (κ2) is 3.10. The standard InChI is InChI=1S/C9H8BrFN2/c1-2-13-8-4-3-6(11)5-7(8)12-9(13)10/h3-5H,2H2,1H3. The zero-order chi connectivity index (χ0) is 9.42. The highest BCUT2D eigenvalue weighted by atomic mass is 79.9. The van der Waals surface area contributed by atoms with Crippen molar-refractivity contribution < 1.29 is 4.39 Å². The van der Waals surface area contributed by atoms with Gasteiger partial charge >= 0.3 is 0 Å². The molecule has 2 nitrogen and oxygen atoms in total. The molecule has 0 aliphatic carbocycles. The van der Waals surface area contributed by atoms with Crippen LogP contribution in [0.4, 0.5) is 4.39 Å². The molecule has 1 aromatic carbocycles. The fraction of sp³-hybridized carbons (Fsp3) is 0.222. The van der Waals surface area contributed by atoms with Gasteiger partial charge in [0.25, 0.3) is 0 Å². The number of benzene rings is 1. The minimum absolute atomic E-state index is 0.249. The van der Waals surface area contributed by atoms with Crippen LogP contribution in [0, 0.1) is 5.82 Å². The number of halogens is 2. The molecule has 68 valence electrons. The van der Waals surface area contributed by atoms with Gasteiger partial charge in [-0.15, -0.1) is 0 Å². The van der Waals surface area contributed by atoms with Crippen LogP contribution in [-0.2, 0) is 6.54 Å². The summed E-state index contributed by atoms with van der Waals surface area (Å²) >= 11 is 3.32. The van der Waals surface area contributed by atoms with Crippen LogP contribution >= 0.6 is 15.9 Å². The lowest BCUT2D eigenvalue weighted by Gasteiger charge is -1.99. The molecule has 0 saturated heterocycles. The molecular weight excluding hydrogens is 235 g/mol. The highest BCUT2D eigenvalue weighted by Gasteiger charge is 2.06. The summed E-state index contributed by atoms with van der Waals surface area (Å²) in [5.74, 6) is -0.249. The Morgan fingerprint density at radius 1 is 1.54 bits per heavy atom. The third-order valence-corrected chi connectivity index (χ3v) is 2.59. The van der Waals surface area contributed by atoms with E-state index in [1.807, 2.05) is 11.5 Å². The quantitative estimate of drug-likeness (QED) is 0.752. The number of hydrogen-bond acceptors (Lipinski definition) is 1. The monoisotopic (exact) mass is 242 g/mol. The van der Waals surface area contributed by atoms with Gasteiger partial charge in [-0.2, -0.15) is 0 Å². The van der Waals surface area contributed by atoms with Crippen LogP contribution in [0.3, 0.4) is 0 Å². The second-order valence-corrected chi connectivity index (χ2v) is 3.47. The zero-order valence-electron chi connectivity index (χ0n) is 7.09. The van der Waals surface area contributed by atoms with Crippen molar-refractivity contribution in [3.63, 3.8) is 0 Å². The van der Waals surface area contributed by atoms with Crippen LogP contribution in [0.1, 0.15) is 6.92 Å². The van der Waals surface area contributed by atoms with E-state index in [0.29, 0.717) is 5.52 Å². The Balaban J connectivity index is 2.79. The van der Waals surface area contributed by atoms with Gasteiger partial charge in [-0.25, -0.2) is 9.37 Å². The van der Waals surface area contributed by atoms with Gasteiger partial charge < -0.3 is 4.57 Å². The number of aromatic nitrogens is 2. The molecule has 1 aromatic heterocycles. The average Bonchev–Trinajstić information content (AvgIpc) is 2.39. The highest BCUT2D eigenvalue weighted by Crippen LogP contribution is 2.20. The summed E-state index contributed by atoms with van der Waals surface area (Å²) in [6, 6.07) is 4.63. The largest absolute Gasteiger partial charge is 0.319 e. The Hall–Kier alpha value is -0.900. The maximum absolute atomic E-state index is 12.8. The van der Waals surface area contributed by atoms with Gasteiger partial charge in [0.05, 0.1) is 11.0 Å². The zero-order valence-corrected chi connectivity index (χ0v) is 8.68. The Labute approximate surface area is 83.5 Å². The predicted octanol–water partition coefficient (Wildman–Crippen LogP) is 2.96. The van der Waals surface area contributed by atoms with E-state index in [4.69, 9.17) is 0 Å². The van der Waals surface area contributed by atoms with Crippen molar-refractivity contribution in [2.75, 3.05) is 0 Å². The van der Waals surface area contributed by atoms with E-state index in [2.05, 4.69) is 20.9 Å². The smallest absolute Gasteiger partial charge is 0.178 e. The Morgan fingerprint density at radius 2 is 2.31 bits per heavy atom. The van der Waals surface area contributed by atoms with E-state index < -0.39 is 0 Å². The number of imidazole rings is 1. The van der Waals surface area contributed by atoms with Crippen molar-refractivity contribution in [2.24, 2.45) is 0 Å². The van der Waals surface area contributed by atoms with Crippen molar-refractivity contribution in [2.45, 2.75) is 13.5 Å². The first kappa shape index (κ1) is 8.69. The summed E-state index contributed by atoms with van der Waals surface area (Å²) in [5.41, 5.74) is 1.64. The average molecular weight is 243 g/mol. The van der Waals surface area contributed by atoms with E-state index in [1.54, 1.807) is 6.07 Å². The molecule has 0 aliphatic rings. The minimum Gasteiger partial charge on any atom is -0.319 e. The molecule has 0 spiro atoms.